The molecule has 3 amide bonds. The van der Waals surface area contributed by atoms with E-state index < -0.39 is 6.03 Å². The number of ketones is 2. The number of benzene rings is 1. The van der Waals surface area contributed by atoms with E-state index in [-0.39, 0.29) is 22.2 Å². The molecule has 186 valence electrons. The number of nitrogens with one attached hydrogen (secondary N) is 2. The predicted molar refractivity (Wildman–Crippen MR) is 138 cm³/mol. The smallest absolute Gasteiger partial charge is 0.319 e. The summed E-state index contributed by atoms with van der Waals surface area (Å²) >= 11 is 2.87. The number of rotatable bonds is 3. The first-order valence-electron chi connectivity index (χ1n) is 12.1. The van der Waals surface area contributed by atoms with E-state index in [0.29, 0.717) is 84.7 Å². The SMILES string of the molecule is CCNC(=O)Nc1sc2c(c1C(=O)N1CCC3(CC1)CC(=O)c1cc(C#N)ccc1S3)CCCC2=O. The number of hydrogen-bond donors (Lipinski definition) is 2. The fraction of sp³-hybridized carbons (Fsp3) is 0.423. The molecule has 2 N–H and O–H groups in total. The lowest BCUT2D eigenvalue weighted by Crippen LogP contribution is -2.47. The zero-order chi connectivity index (χ0) is 25.4. The van der Waals surface area contributed by atoms with Gasteiger partial charge in [0.05, 0.1) is 22.1 Å². The van der Waals surface area contributed by atoms with Crippen LogP contribution in [0, 0.1) is 11.3 Å². The van der Waals surface area contributed by atoms with E-state index in [1.54, 1.807) is 28.8 Å². The van der Waals surface area contributed by atoms with E-state index >= 15 is 0 Å². The van der Waals surface area contributed by atoms with Crippen LogP contribution in [-0.2, 0) is 6.42 Å². The molecule has 0 bridgehead atoms. The van der Waals surface area contributed by atoms with Gasteiger partial charge in [0.1, 0.15) is 5.00 Å². The van der Waals surface area contributed by atoms with Gasteiger partial charge in [-0.3, -0.25) is 19.7 Å². The van der Waals surface area contributed by atoms with Crippen LogP contribution < -0.4 is 10.6 Å². The Kier molecular flexibility index (Phi) is 6.62. The first-order chi connectivity index (χ1) is 17.3. The lowest BCUT2D eigenvalue weighted by molar-refractivity contribution is 0.0696. The summed E-state index contributed by atoms with van der Waals surface area (Å²) in [5.74, 6) is -0.110. The molecule has 3 aliphatic rings. The number of anilines is 1. The molecule has 0 radical (unpaired) electrons. The van der Waals surface area contributed by atoms with Crippen molar-refractivity contribution in [1.29, 1.82) is 5.26 Å². The molecular weight excluding hydrogens is 496 g/mol. The normalized spacial score (nSPS) is 18.3. The minimum absolute atomic E-state index is 0.0205. The van der Waals surface area contributed by atoms with Gasteiger partial charge < -0.3 is 10.2 Å². The maximum Gasteiger partial charge on any atom is 0.319 e. The van der Waals surface area contributed by atoms with Gasteiger partial charge in [-0.05, 0) is 56.4 Å². The number of carbonyl (C=O) groups is 4. The average Bonchev–Trinajstić information content (AvgIpc) is 3.23. The highest BCUT2D eigenvalue weighted by Crippen LogP contribution is 2.49. The number of thioether (sulfide) groups is 1. The van der Waals surface area contributed by atoms with Gasteiger partial charge in [0.25, 0.3) is 5.91 Å². The van der Waals surface area contributed by atoms with Crippen molar-refractivity contribution in [2.75, 3.05) is 25.0 Å². The maximum atomic E-state index is 13.7. The van der Waals surface area contributed by atoms with Crippen molar-refractivity contribution in [1.82, 2.24) is 10.2 Å². The van der Waals surface area contributed by atoms with Crippen LogP contribution in [0.2, 0.25) is 0 Å². The number of hydrogen-bond acceptors (Lipinski definition) is 7. The summed E-state index contributed by atoms with van der Waals surface area (Å²) in [4.78, 5) is 54.7. The van der Waals surface area contributed by atoms with Gasteiger partial charge in [-0.15, -0.1) is 23.1 Å². The van der Waals surface area contributed by atoms with Crippen LogP contribution >= 0.6 is 23.1 Å². The molecular formula is C26H26N4O4S2. The topological polar surface area (TPSA) is 119 Å². The average molecular weight is 523 g/mol. The van der Waals surface area contributed by atoms with Crippen molar-refractivity contribution in [2.45, 2.75) is 55.1 Å². The Labute approximate surface area is 217 Å². The first-order valence-corrected chi connectivity index (χ1v) is 13.8. The number of urea groups is 1. The van der Waals surface area contributed by atoms with Gasteiger partial charge in [-0.2, -0.15) is 5.26 Å². The highest BCUT2D eigenvalue weighted by atomic mass is 32.2. The molecule has 0 atom stereocenters. The molecule has 1 saturated heterocycles. The van der Waals surface area contributed by atoms with Crippen molar-refractivity contribution in [3.05, 3.63) is 45.3 Å². The van der Waals surface area contributed by atoms with Crippen LogP contribution in [0.1, 0.15) is 80.5 Å². The fourth-order valence-electron chi connectivity index (χ4n) is 5.21. The maximum absolute atomic E-state index is 13.7. The van der Waals surface area contributed by atoms with Crippen LogP contribution in [0.5, 0.6) is 0 Å². The van der Waals surface area contributed by atoms with E-state index in [4.69, 9.17) is 5.26 Å². The number of likely N-dealkylation sites (tertiary alicyclic amines) is 1. The molecule has 0 unspecified atom stereocenters. The highest BCUT2D eigenvalue weighted by molar-refractivity contribution is 8.01. The summed E-state index contributed by atoms with van der Waals surface area (Å²) < 4.78 is -0.277. The standard InChI is InChI=1S/C26H26N4O4S2/c1-2-28-25(34)29-23-21(16-4-3-5-18(31)22(16)35-23)24(33)30-10-8-26(9-11-30)13-19(32)17-12-15(14-27)6-7-20(17)36-26/h6-7,12H,2-5,8-11,13H2,1H3,(H2,28,29,34). The zero-order valence-corrected chi connectivity index (χ0v) is 21.6. The van der Waals surface area contributed by atoms with E-state index in [2.05, 4.69) is 16.7 Å². The van der Waals surface area contributed by atoms with Crippen LogP contribution in [-0.4, -0.2) is 52.8 Å². The van der Waals surface area contributed by atoms with Crippen LogP contribution in [0.3, 0.4) is 0 Å². The van der Waals surface area contributed by atoms with Gasteiger partial charge in [0.2, 0.25) is 0 Å². The van der Waals surface area contributed by atoms with Gasteiger partial charge in [-0.1, -0.05) is 0 Å². The Balaban J connectivity index is 1.36. The quantitative estimate of drug-likeness (QED) is 0.606. The molecule has 2 aliphatic heterocycles. The summed E-state index contributed by atoms with van der Waals surface area (Å²) in [6, 6.07) is 6.95. The molecule has 1 fully saturated rings. The van der Waals surface area contributed by atoms with Gasteiger partial charge in [0, 0.05) is 47.7 Å². The monoisotopic (exact) mass is 522 g/mol. The fourth-order valence-corrected chi connectivity index (χ4v) is 7.89. The molecule has 3 heterocycles. The third kappa shape index (κ3) is 4.42. The third-order valence-corrected chi connectivity index (χ3v) is 9.80. The molecule has 1 aliphatic carbocycles. The van der Waals surface area contributed by atoms with E-state index in [1.165, 1.54) is 11.3 Å². The molecule has 1 spiro atoms. The second-order valence-corrected chi connectivity index (χ2v) is 11.9. The van der Waals surface area contributed by atoms with E-state index in [1.807, 2.05) is 13.0 Å². The Bertz CT molecular complexity index is 1320. The summed E-state index contributed by atoms with van der Waals surface area (Å²) in [7, 11) is 0. The highest BCUT2D eigenvalue weighted by Gasteiger charge is 2.43. The summed E-state index contributed by atoms with van der Waals surface area (Å²) in [6.07, 6.45) is 3.50. The second kappa shape index (κ2) is 9.71. The van der Waals surface area contributed by atoms with Crippen molar-refractivity contribution in [2.24, 2.45) is 0 Å². The van der Waals surface area contributed by atoms with E-state index in [0.717, 1.165) is 10.5 Å². The number of amides is 3. The van der Waals surface area contributed by atoms with Crippen LogP contribution in [0.15, 0.2) is 23.1 Å². The number of Topliss-reactive ketones (excluding diaryl/α,β-unsaturated/α-hetero) is 2. The lowest BCUT2D eigenvalue weighted by atomic mass is 9.87. The number of piperidine rings is 1. The molecule has 8 nitrogen and oxygen atoms in total. The Morgan fingerprint density at radius 2 is 1.94 bits per heavy atom. The summed E-state index contributed by atoms with van der Waals surface area (Å²) in [5, 5.41) is 15.1. The first kappa shape index (κ1) is 24.5. The van der Waals surface area contributed by atoms with E-state index in [9.17, 15) is 19.2 Å². The molecule has 10 heteroatoms. The summed E-state index contributed by atoms with van der Waals surface area (Å²) in [6.45, 7) is 3.24. The number of fused-ring (bicyclic) bond motifs is 2. The van der Waals surface area contributed by atoms with Crippen molar-refractivity contribution in [3.8, 4) is 6.07 Å². The Morgan fingerprint density at radius 1 is 1.17 bits per heavy atom. The van der Waals surface area contributed by atoms with Gasteiger partial charge in [-0.25, -0.2) is 4.79 Å². The number of thiophene rings is 1. The third-order valence-electron chi connectivity index (χ3n) is 7.05. The predicted octanol–water partition coefficient (Wildman–Crippen LogP) is 4.63. The number of carbonyl (C=O) groups excluding carboxylic acids is 4. The minimum Gasteiger partial charge on any atom is -0.338 e. The molecule has 5 rings (SSSR count). The number of nitrogens with zero attached hydrogens (tertiary/aromatic N) is 2. The van der Waals surface area contributed by atoms with Crippen molar-refractivity contribution < 1.29 is 19.2 Å². The molecule has 1 aromatic carbocycles. The summed E-state index contributed by atoms with van der Waals surface area (Å²) in [5.41, 5.74) is 2.28. The molecule has 36 heavy (non-hydrogen) atoms. The Morgan fingerprint density at radius 3 is 2.67 bits per heavy atom. The molecule has 0 saturated carbocycles. The zero-order valence-electron chi connectivity index (χ0n) is 19.9. The molecule has 2 aromatic rings. The Hall–Kier alpha value is -3.16. The largest absolute Gasteiger partial charge is 0.338 e. The molecule has 1 aromatic heterocycles. The number of nitriles is 1. The van der Waals surface area contributed by atoms with Crippen LogP contribution in [0.4, 0.5) is 9.80 Å². The van der Waals surface area contributed by atoms with Crippen molar-refractivity contribution in [3.63, 3.8) is 0 Å². The second-order valence-electron chi connectivity index (χ2n) is 9.38. The van der Waals surface area contributed by atoms with Crippen molar-refractivity contribution >= 4 is 51.6 Å². The minimum atomic E-state index is -0.398. The van der Waals surface area contributed by atoms with Crippen LogP contribution in [0.25, 0.3) is 0 Å². The van der Waals surface area contributed by atoms with Gasteiger partial charge in [0.15, 0.2) is 11.6 Å². The lowest BCUT2D eigenvalue weighted by Gasteiger charge is -2.43. The van der Waals surface area contributed by atoms with Gasteiger partial charge >= 0.3 is 6.03 Å².